The summed E-state index contributed by atoms with van der Waals surface area (Å²) in [5.74, 6) is -0.755. The number of hydrogen-bond acceptors (Lipinski definition) is 4. The summed E-state index contributed by atoms with van der Waals surface area (Å²) in [6.45, 7) is 1.15. The van der Waals surface area contributed by atoms with Gasteiger partial charge in [-0.05, 0) is 19.4 Å². The Morgan fingerprint density at radius 1 is 1.27 bits per heavy atom. The third kappa shape index (κ3) is 4.85. The molecule has 0 N–H and O–H groups in total. The zero-order valence-corrected chi connectivity index (χ0v) is 9.92. The van der Waals surface area contributed by atoms with Crippen molar-refractivity contribution >= 4 is 26.2 Å². The highest BCUT2D eigenvalue weighted by Crippen LogP contribution is 2.45. The molecule has 0 aliphatic carbocycles. The zero-order valence-electron chi connectivity index (χ0n) is 8.29. The van der Waals surface area contributed by atoms with Crippen LogP contribution in [0.15, 0.2) is 0 Å². The fraction of sp³-hybridized carbons (Fsp3) is 0.833. The second-order valence-electron chi connectivity index (χ2n) is 3.25. The number of ketones is 1. The minimum atomic E-state index is -5.62. The van der Waals surface area contributed by atoms with Crippen LogP contribution in [-0.2, 0) is 18.5 Å². The van der Waals surface area contributed by atoms with Gasteiger partial charge < -0.3 is 0 Å². The van der Waals surface area contributed by atoms with Gasteiger partial charge in [0.1, 0.15) is 5.78 Å². The van der Waals surface area contributed by atoms with E-state index in [0.717, 1.165) is 6.92 Å². The largest absolute Gasteiger partial charge is 0.523 e. The predicted octanol–water partition coefficient (Wildman–Crippen LogP) is 1.42. The first-order chi connectivity index (χ1) is 6.37. The fourth-order valence-corrected chi connectivity index (χ4v) is 4.21. The average molecular weight is 268 g/mol. The van der Waals surface area contributed by atoms with E-state index in [4.69, 9.17) is 0 Å². The monoisotopic (exact) mass is 268 g/mol. The molecule has 0 aromatic carbocycles. The highest BCUT2D eigenvalue weighted by Gasteiger charge is 2.49. The first-order valence-corrected chi connectivity index (χ1v) is 7.55. The molecule has 0 bridgehead atoms. The number of alkyl halides is 3. The lowest BCUT2D eigenvalue weighted by molar-refractivity contribution is -0.114. The molecule has 0 fully saturated rings. The van der Waals surface area contributed by atoms with Crippen LogP contribution in [0.5, 0.6) is 0 Å². The molecule has 0 spiro atoms. The van der Waals surface area contributed by atoms with Gasteiger partial charge >= 0.3 is 15.6 Å². The lowest BCUT2D eigenvalue weighted by atomic mass is 10.5. The maximum Gasteiger partial charge on any atom is 0.523 e. The summed E-state index contributed by atoms with van der Waals surface area (Å²) in [7, 11) is -8.20. The maximum absolute atomic E-state index is 11.9. The topological polar surface area (TPSA) is 60.4 Å². The minimum absolute atomic E-state index is 0.331. The Balaban J connectivity index is 4.82. The molecule has 0 saturated carbocycles. The van der Waals surface area contributed by atoms with Crippen LogP contribution in [0.3, 0.4) is 0 Å². The van der Waals surface area contributed by atoms with Crippen LogP contribution in [0.1, 0.15) is 6.92 Å². The number of halogens is 3. The van der Waals surface area contributed by atoms with E-state index in [1.165, 1.54) is 12.5 Å². The molecule has 0 aliphatic heterocycles. The third-order valence-electron chi connectivity index (χ3n) is 1.11. The summed E-state index contributed by atoms with van der Waals surface area (Å²) < 4.78 is 61.0. The van der Waals surface area contributed by atoms with E-state index in [0.29, 0.717) is 0 Å². The van der Waals surface area contributed by atoms with E-state index in [9.17, 15) is 26.4 Å². The summed E-state index contributed by atoms with van der Waals surface area (Å²) in [4.78, 5) is 10.7. The zero-order chi connectivity index (χ0) is 12.5. The molecule has 0 atom stereocenters. The van der Waals surface area contributed by atoms with Crippen LogP contribution in [0, 0.1) is 0 Å². The van der Waals surface area contributed by atoms with Crippen LogP contribution in [0.2, 0.25) is 0 Å². The number of Topliss-reactive ketones (excluding diaryl/α,β-unsaturated/α-hetero) is 1. The van der Waals surface area contributed by atoms with Gasteiger partial charge in [-0.25, -0.2) is 3.63 Å². The van der Waals surface area contributed by atoms with Crippen molar-refractivity contribution in [3.8, 4) is 0 Å². The summed E-state index contributed by atoms with van der Waals surface area (Å²) in [5, 5.41) is 0. The Morgan fingerprint density at radius 2 is 1.67 bits per heavy atom. The van der Waals surface area contributed by atoms with Crippen LogP contribution in [-0.4, -0.2) is 38.0 Å². The van der Waals surface area contributed by atoms with Crippen molar-refractivity contribution in [2.75, 3.05) is 18.3 Å². The number of carbonyl (C=O) groups is 1. The standard InChI is InChI=1S/C6H11F3O4S2/c1-5(10)4-14(2,3)13-15(11,12)6(7,8)9/h4H2,1-3H3. The molecule has 0 saturated heterocycles. The second-order valence-corrected chi connectivity index (χ2v) is 8.33. The van der Waals surface area contributed by atoms with E-state index >= 15 is 0 Å². The van der Waals surface area contributed by atoms with E-state index < -0.39 is 31.7 Å². The Labute approximate surface area is 87.4 Å². The van der Waals surface area contributed by atoms with Gasteiger partial charge in [0.2, 0.25) is 0 Å². The van der Waals surface area contributed by atoms with E-state index in [1.807, 2.05) is 0 Å². The molecule has 0 amide bonds. The summed E-state index contributed by atoms with van der Waals surface area (Å²) >= 11 is 0. The predicted molar refractivity (Wildman–Crippen MR) is 51.0 cm³/mol. The molecular formula is C6H11F3O4S2. The molecule has 0 heterocycles. The molecule has 92 valence electrons. The summed E-state index contributed by atoms with van der Waals surface area (Å²) in [6.07, 6.45) is 2.36. The first kappa shape index (κ1) is 14.7. The lowest BCUT2D eigenvalue weighted by Gasteiger charge is -2.28. The van der Waals surface area contributed by atoms with Crippen molar-refractivity contribution in [1.29, 1.82) is 0 Å². The van der Waals surface area contributed by atoms with Gasteiger partial charge in [0, 0.05) is 0 Å². The molecule has 15 heavy (non-hydrogen) atoms. The van der Waals surface area contributed by atoms with Crippen molar-refractivity contribution in [2.45, 2.75) is 12.4 Å². The van der Waals surface area contributed by atoms with E-state index in [2.05, 4.69) is 3.63 Å². The first-order valence-electron chi connectivity index (χ1n) is 3.60. The highest BCUT2D eigenvalue weighted by atomic mass is 32.3. The quantitative estimate of drug-likeness (QED) is 0.723. The van der Waals surface area contributed by atoms with Crippen LogP contribution >= 0.6 is 10.3 Å². The average Bonchev–Trinajstić information content (AvgIpc) is 1.75. The molecule has 4 nitrogen and oxygen atoms in total. The van der Waals surface area contributed by atoms with Gasteiger partial charge in [-0.1, -0.05) is 0 Å². The Hall–Kier alpha value is -0.280. The van der Waals surface area contributed by atoms with Gasteiger partial charge in [-0.3, -0.25) is 4.79 Å². The van der Waals surface area contributed by atoms with Gasteiger partial charge in [0.05, 0.1) is 5.75 Å². The molecule has 0 aromatic rings. The lowest BCUT2D eigenvalue weighted by Crippen LogP contribution is -2.28. The van der Waals surface area contributed by atoms with Crippen LogP contribution in [0.4, 0.5) is 13.2 Å². The highest BCUT2D eigenvalue weighted by molar-refractivity contribution is 8.32. The third-order valence-corrected chi connectivity index (χ3v) is 4.97. The Bertz CT molecular complexity index is 344. The minimum Gasteiger partial charge on any atom is -0.299 e. The number of hydrogen-bond donors (Lipinski definition) is 0. The molecule has 0 unspecified atom stereocenters. The van der Waals surface area contributed by atoms with Crippen LogP contribution < -0.4 is 0 Å². The normalized spacial score (nSPS) is 15.1. The van der Waals surface area contributed by atoms with Crippen molar-refractivity contribution < 1.29 is 30.0 Å². The van der Waals surface area contributed by atoms with E-state index in [-0.39, 0.29) is 5.75 Å². The molecule has 0 aromatic heterocycles. The molecule has 0 radical (unpaired) electrons. The molecular weight excluding hydrogens is 257 g/mol. The summed E-state index contributed by atoms with van der Waals surface area (Å²) in [6, 6.07) is 0. The number of carbonyl (C=O) groups excluding carboxylic acids is 1. The van der Waals surface area contributed by atoms with Crippen molar-refractivity contribution in [3.05, 3.63) is 0 Å². The fourth-order valence-electron chi connectivity index (χ4n) is 0.795. The maximum atomic E-state index is 11.9. The Morgan fingerprint density at radius 3 is 1.93 bits per heavy atom. The van der Waals surface area contributed by atoms with Gasteiger partial charge in [0.25, 0.3) is 0 Å². The second kappa shape index (κ2) is 4.30. The van der Waals surface area contributed by atoms with Crippen molar-refractivity contribution in [3.63, 3.8) is 0 Å². The molecule has 0 aliphatic rings. The number of rotatable bonds is 4. The van der Waals surface area contributed by atoms with Crippen LogP contribution in [0.25, 0.3) is 0 Å². The van der Waals surface area contributed by atoms with Crippen molar-refractivity contribution in [2.24, 2.45) is 0 Å². The molecule has 0 rings (SSSR count). The van der Waals surface area contributed by atoms with Gasteiger partial charge in [-0.2, -0.15) is 21.6 Å². The smallest absolute Gasteiger partial charge is 0.299 e. The van der Waals surface area contributed by atoms with Crippen molar-refractivity contribution in [1.82, 2.24) is 0 Å². The van der Waals surface area contributed by atoms with Gasteiger partial charge in [-0.15, -0.1) is 10.3 Å². The Kier molecular flexibility index (Phi) is 4.22. The summed E-state index contributed by atoms with van der Waals surface area (Å²) in [5.41, 5.74) is -5.45. The van der Waals surface area contributed by atoms with Gasteiger partial charge in [0.15, 0.2) is 0 Å². The van der Waals surface area contributed by atoms with E-state index in [1.54, 1.807) is 0 Å². The molecule has 9 heteroatoms. The SMILES string of the molecule is CC(=O)CS(C)(C)OS(=O)(=O)C(F)(F)F.